The first kappa shape index (κ1) is 11.2. The maximum absolute atomic E-state index is 10.9. The summed E-state index contributed by atoms with van der Waals surface area (Å²) in [6.45, 7) is 1.93. The minimum absolute atomic E-state index is 0.0231. The molecule has 1 aromatic heterocycles. The average molecular weight is 232 g/mol. The molecule has 88 valence electrons. The van der Waals surface area contributed by atoms with Gasteiger partial charge < -0.3 is 10.2 Å². The highest BCUT2D eigenvalue weighted by Crippen LogP contribution is 2.16. The third-order valence-corrected chi connectivity index (χ3v) is 2.46. The summed E-state index contributed by atoms with van der Waals surface area (Å²) in [6.07, 6.45) is 0.682. The monoisotopic (exact) mass is 232 g/mol. The Morgan fingerprint density at radius 2 is 2.00 bits per heavy atom. The Kier molecular flexibility index (Phi) is 2.82. The van der Waals surface area contributed by atoms with Crippen molar-refractivity contribution < 1.29 is 15.0 Å². The lowest BCUT2D eigenvalue weighted by atomic mass is 10.2. The molecule has 0 bridgehead atoms. The van der Waals surface area contributed by atoms with Crippen molar-refractivity contribution in [2.75, 3.05) is 0 Å². The summed E-state index contributed by atoms with van der Waals surface area (Å²) in [5, 5.41) is 22.1. The molecule has 0 spiro atoms. The van der Waals surface area contributed by atoms with Crippen LogP contribution in [-0.4, -0.2) is 26.0 Å². The summed E-state index contributed by atoms with van der Waals surface area (Å²) in [4.78, 5) is 10.9. The van der Waals surface area contributed by atoms with Gasteiger partial charge in [0.25, 0.3) is 0 Å². The fraction of sp³-hybridized carbons (Fsp3) is 0.167. The molecule has 5 nitrogen and oxygen atoms in total. The zero-order chi connectivity index (χ0) is 12.4. The van der Waals surface area contributed by atoms with E-state index in [9.17, 15) is 9.90 Å². The highest BCUT2D eigenvalue weighted by molar-refractivity contribution is 5.85. The third kappa shape index (κ3) is 2.13. The number of carboxylic acids is 1. The standard InChI is InChI=1S/C12H12N2O3/c1-2-8-7-11(12(16)17)13-14(8)9-3-5-10(15)6-4-9/h3-7,15H,2H2,1H3,(H,16,17). The Hall–Kier alpha value is -2.30. The van der Waals surface area contributed by atoms with Crippen molar-refractivity contribution in [3.05, 3.63) is 41.7 Å². The van der Waals surface area contributed by atoms with Crippen molar-refractivity contribution in [3.8, 4) is 11.4 Å². The van der Waals surface area contributed by atoms with E-state index in [4.69, 9.17) is 5.11 Å². The smallest absolute Gasteiger partial charge is 0.356 e. The number of aromatic nitrogens is 2. The number of benzene rings is 1. The van der Waals surface area contributed by atoms with E-state index in [1.54, 1.807) is 22.9 Å². The van der Waals surface area contributed by atoms with E-state index in [1.165, 1.54) is 12.1 Å². The van der Waals surface area contributed by atoms with Crippen molar-refractivity contribution in [1.82, 2.24) is 9.78 Å². The number of carboxylic acid groups (broad SMARTS) is 1. The topological polar surface area (TPSA) is 75.3 Å². The van der Waals surface area contributed by atoms with Crippen LogP contribution in [0.25, 0.3) is 5.69 Å². The summed E-state index contributed by atoms with van der Waals surface area (Å²) in [7, 11) is 0. The summed E-state index contributed by atoms with van der Waals surface area (Å²) < 4.78 is 1.57. The van der Waals surface area contributed by atoms with E-state index in [0.717, 1.165) is 11.4 Å². The van der Waals surface area contributed by atoms with Crippen LogP contribution in [0.3, 0.4) is 0 Å². The number of hydrogen-bond donors (Lipinski definition) is 2. The number of aromatic hydroxyl groups is 1. The molecular weight excluding hydrogens is 220 g/mol. The van der Waals surface area contributed by atoms with Gasteiger partial charge in [0, 0.05) is 5.69 Å². The van der Waals surface area contributed by atoms with Gasteiger partial charge in [0.1, 0.15) is 5.75 Å². The van der Waals surface area contributed by atoms with Crippen LogP contribution < -0.4 is 0 Å². The zero-order valence-corrected chi connectivity index (χ0v) is 9.29. The van der Waals surface area contributed by atoms with Crippen LogP contribution in [0.2, 0.25) is 0 Å². The summed E-state index contributed by atoms with van der Waals surface area (Å²) in [6, 6.07) is 8.00. The first-order chi connectivity index (χ1) is 8.11. The number of nitrogens with zero attached hydrogens (tertiary/aromatic N) is 2. The number of carbonyl (C=O) groups is 1. The Morgan fingerprint density at radius 3 is 2.53 bits per heavy atom. The summed E-state index contributed by atoms with van der Waals surface area (Å²) in [5.41, 5.74) is 1.56. The number of aryl methyl sites for hydroxylation is 1. The number of hydrogen-bond acceptors (Lipinski definition) is 3. The van der Waals surface area contributed by atoms with Crippen molar-refractivity contribution >= 4 is 5.97 Å². The molecule has 0 aliphatic carbocycles. The highest BCUT2D eigenvalue weighted by atomic mass is 16.4. The first-order valence-electron chi connectivity index (χ1n) is 5.23. The largest absolute Gasteiger partial charge is 0.508 e. The molecule has 0 saturated carbocycles. The minimum atomic E-state index is -1.04. The summed E-state index contributed by atoms with van der Waals surface area (Å²) in [5.74, 6) is -0.880. The van der Waals surface area contributed by atoms with Crippen LogP contribution in [-0.2, 0) is 6.42 Å². The second kappa shape index (κ2) is 4.29. The highest BCUT2D eigenvalue weighted by Gasteiger charge is 2.12. The maximum Gasteiger partial charge on any atom is 0.356 e. The van der Waals surface area contributed by atoms with E-state index in [-0.39, 0.29) is 11.4 Å². The van der Waals surface area contributed by atoms with Gasteiger partial charge in [0.15, 0.2) is 5.69 Å². The van der Waals surface area contributed by atoms with Crippen LogP contribution in [0.5, 0.6) is 5.75 Å². The fourth-order valence-corrected chi connectivity index (χ4v) is 1.59. The number of phenols is 1. The fourth-order valence-electron chi connectivity index (χ4n) is 1.59. The van der Waals surface area contributed by atoms with Crippen LogP contribution in [0, 0.1) is 0 Å². The zero-order valence-electron chi connectivity index (χ0n) is 9.29. The van der Waals surface area contributed by atoms with E-state index in [1.807, 2.05) is 6.92 Å². The van der Waals surface area contributed by atoms with Gasteiger partial charge in [-0.25, -0.2) is 9.48 Å². The second-order valence-corrected chi connectivity index (χ2v) is 3.61. The molecule has 17 heavy (non-hydrogen) atoms. The predicted molar refractivity (Wildman–Crippen MR) is 61.6 cm³/mol. The molecule has 0 aliphatic heterocycles. The van der Waals surface area contributed by atoms with Crippen molar-refractivity contribution in [2.45, 2.75) is 13.3 Å². The maximum atomic E-state index is 10.9. The number of rotatable bonds is 3. The van der Waals surface area contributed by atoms with Gasteiger partial charge in [0.05, 0.1) is 5.69 Å². The minimum Gasteiger partial charge on any atom is -0.508 e. The molecule has 2 aromatic rings. The van der Waals surface area contributed by atoms with Crippen LogP contribution in [0.4, 0.5) is 0 Å². The molecule has 0 atom stereocenters. The van der Waals surface area contributed by atoms with Gasteiger partial charge >= 0.3 is 5.97 Å². The first-order valence-corrected chi connectivity index (χ1v) is 5.23. The molecule has 0 fully saturated rings. The normalized spacial score (nSPS) is 10.4. The van der Waals surface area contributed by atoms with Crippen LogP contribution in [0.15, 0.2) is 30.3 Å². The lowest BCUT2D eigenvalue weighted by molar-refractivity contribution is 0.0690. The molecule has 0 unspecified atom stereocenters. The van der Waals surface area contributed by atoms with E-state index in [0.29, 0.717) is 6.42 Å². The molecule has 0 amide bonds. The van der Waals surface area contributed by atoms with Crippen molar-refractivity contribution in [3.63, 3.8) is 0 Å². The molecule has 0 saturated heterocycles. The lowest BCUT2D eigenvalue weighted by Crippen LogP contribution is -2.03. The molecule has 1 aromatic carbocycles. The Balaban J connectivity index is 2.50. The van der Waals surface area contributed by atoms with Gasteiger partial charge in [-0.05, 0) is 36.8 Å². The van der Waals surface area contributed by atoms with Gasteiger partial charge in [-0.15, -0.1) is 0 Å². The molecule has 2 rings (SSSR count). The van der Waals surface area contributed by atoms with Gasteiger partial charge in [-0.3, -0.25) is 0 Å². The van der Waals surface area contributed by atoms with E-state index in [2.05, 4.69) is 5.10 Å². The van der Waals surface area contributed by atoms with Gasteiger partial charge in [-0.1, -0.05) is 6.92 Å². The number of phenolic OH excluding ortho intramolecular Hbond substituents is 1. The van der Waals surface area contributed by atoms with Crippen molar-refractivity contribution in [2.24, 2.45) is 0 Å². The van der Waals surface area contributed by atoms with Gasteiger partial charge in [-0.2, -0.15) is 5.10 Å². The molecule has 5 heteroatoms. The SMILES string of the molecule is CCc1cc(C(=O)O)nn1-c1ccc(O)cc1. The average Bonchev–Trinajstić information content (AvgIpc) is 2.74. The second-order valence-electron chi connectivity index (χ2n) is 3.61. The lowest BCUT2D eigenvalue weighted by Gasteiger charge is -2.05. The Labute approximate surface area is 97.9 Å². The molecule has 0 aliphatic rings. The Morgan fingerprint density at radius 1 is 1.35 bits per heavy atom. The van der Waals surface area contributed by atoms with E-state index < -0.39 is 5.97 Å². The number of aromatic carboxylic acids is 1. The van der Waals surface area contributed by atoms with E-state index >= 15 is 0 Å². The quantitative estimate of drug-likeness (QED) is 0.846. The van der Waals surface area contributed by atoms with Crippen LogP contribution >= 0.6 is 0 Å². The van der Waals surface area contributed by atoms with Gasteiger partial charge in [0.2, 0.25) is 0 Å². The summed E-state index contributed by atoms with van der Waals surface area (Å²) >= 11 is 0. The molecule has 1 heterocycles. The van der Waals surface area contributed by atoms with Crippen molar-refractivity contribution in [1.29, 1.82) is 0 Å². The predicted octanol–water partition coefficient (Wildman–Crippen LogP) is 1.84. The van der Waals surface area contributed by atoms with Crippen LogP contribution in [0.1, 0.15) is 23.1 Å². The molecule has 0 radical (unpaired) electrons. The Bertz CT molecular complexity index is 543. The molecule has 2 N–H and O–H groups in total. The molecular formula is C12H12N2O3. The third-order valence-electron chi connectivity index (χ3n) is 2.46.